The number of rotatable bonds is 7. The number of aromatic nitrogens is 1. The van der Waals surface area contributed by atoms with Gasteiger partial charge in [-0.15, -0.1) is 0 Å². The second kappa shape index (κ2) is 10.6. The van der Waals surface area contributed by atoms with E-state index in [4.69, 9.17) is 4.98 Å². The molecule has 1 aromatic heterocycles. The summed E-state index contributed by atoms with van der Waals surface area (Å²) in [6.07, 6.45) is 2.30. The van der Waals surface area contributed by atoms with Crippen molar-refractivity contribution in [1.29, 1.82) is 0 Å². The topological polar surface area (TPSA) is 37.0 Å². The molecule has 0 amide bonds. The summed E-state index contributed by atoms with van der Waals surface area (Å²) in [6, 6.07) is 30.4. The van der Waals surface area contributed by atoms with Gasteiger partial charge in [0.25, 0.3) is 0 Å². The summed E-state index contributed by atoms with van der Waals surface area (Å²) in [5, 5.41) is 7.61. The normalized spacial score (nSPS) is 13.8. The summed E-state index contributed by atoms with van der Waals surface area (Å²) in [4.78, 5) is 5.27. The average Bonchev–Trinajstić information content (AvgIpc) is 2.91. The van der Waals surface area contributed by atoms with Gasteiger partial charge in [-0.3, -0.25) is 4.98 Å². The molecule has 0 spiro atoms. The van der Waals surface area contributed by atoms with Gasteiger partial charge >= 0.3 is 0 Å². The summed E-state index contributed by atoms with van der Waals surface area (Å²) in [5.74, 6) is 0.840. The van der Waals surface area contributed by atoms with Crippen LogP contribution in [0.25, 0.3) is 11.3 Å². The second-order valence-corrected chi connectivity index (χ2v) is 10.4. The molecule has 0 fully saturated rings. The standard InChI is InChI=1S/C33H37N3/c1-22(2)26-16-9-17-27(23(3)4)33(26)36-32(25-12-6-5-7-13-25)30-20-10-19-29(35-30)28-18-8-14-24-15-11-21-34-31(24)28/h5-10,12-14,16-20,22-23,32,34,36H,11,15,21H2,1-4H3/t32-/m0/s1. The van der Waals surface area contributed by atoms with Crippen molar-refractivity contribution in [2.24, 2.45) is 0 Å². The maximum atomic E-state index is 5.27. The molecule has 3 aromatic carbocycles. The Morgan fingerprint density at radius 3 is 2.17 bits per heavy atom. The van der Waals surface area contributed by atoms with Gasteiger partial charge < -0.3 is 10.6 Å². The molecule has 36 heavy (non-hydrogen) atoms. The monoisotopic (exact) mass is 475 g/mol. The van der Waals surface area contributed by atoms with E-state index in [1.807, 2.05) is 0 Å². The number of hydrogen-bond acceptors (Lipinski definition) is 3. The molecule has 2 N–H and O–H groups in total. The molecule has 3 heteroatoms. The molecule has 1 aliphatic heterocycles. The predicted molar refractivity (Wildman–Crippen MR) is 153 cm³/mol. The first-order valence-electron chi connectivity index (χ1n) is 13.3. The van der Waals surface area contributed by atoms with E-state index in [1.165, 1.54) is 45.6 Å². The summed E-state index contributed by atoms with van der Waals surface area (Å²) in [7, 11) is 0. The minimum absolute atomic E-state index is 0.0592. The second-order valence-electron chi connectivity index (χ2n) is 10.4. The van der Waals surface area contributed by atoms with Crippen LogP contribution in [0, 0.1) is 0 Å². The highest BCUT2D eigenvalue weighted by molar-refractivity contribution is 5.79. The van der Waals surface area contributed by atoms with Crippen LogP contribution in [0.3, 0.4) is 0 Å². The van der Waals surface area contributed by atoms with Crippen LogP contribution in [0.1, 0.15) is 79.9 Å². The van der Waals surface area contributed by atoms with Crippen LogP contribution in [0.2, 0.25) is 0 Å². The van der Waals surface area contributed by atoms with Gasteiger partial charge in [-0.25, -0.2) is 0 Å². The molecule has 0 radical (unpaired) electrons. The number of aryl methyl sites for hydroxylation is 1. The fourth-order valence-electron chi connectivity index (χ4n) is 5.32. The van der Waals surface area contributed by atoms with E-state index < -0.39 is 0 Å². The lowest BCUT2D eigenvalue weighted by Crippen LogP contribution is -2.17. The molecule has 1 atom stereocenters. The number of para-hydroxylation sites is 2. The van der Waals surface area contributed by atoms with Crippen molar-refractivity contribution < 1.29 is 0 Å². The number of hydrogen-bond donors (Lipinski definition) is 2. The van der Waals surface area contributed by atoms with E-state index in [-0.39, 0.29) is 6.04 Å². The van der Waals surface area contributed by atoms with Crippen molar-refractivity contribution in [3.63, 3.8) is 0 Å². The zero-order valence-electron chi connectivity index (χ0n) is 21.9. The molecule has 0 bridgehead atoms. The third-order valence-electron chi connectivity index (χ3n) is 7.21. The Balaban J connectivity index is 1.62. The van der Waals surface area contributed by atoms with Crippen LogP contribution in [0.5, 0.6) is 0 Å². The van der Waals surface area contributed by atoms with Crippen molar-refractivity contribution in [3.8, 4) is 11.3 Å². The van der Waals surface area contributed by atoms with Crippen molar-refractivity contribution >= 4 is 11.4 Å². The molecule has 5 rings (SSSR count). The molecule has 3 nitrogen and oxygen atoms in total. The van der Waals surface area contributed by atoms with Crippen molar-refractivity contribution in [2.75, 3.05) is 17.2 Å². The predicted octanol–water partition coefficient (Wildman–Crippen LogP) is 8.56. The lowest BCUT2D eigenvalue weighted by molar-refractivity contribution is 0.814. The Morgan fingerprint density at radius 1 is 0.750 bits per heavy atom. The van der Waals surface area contributed by atoms with E-state index in [0.717, 1.165) is 24.4 Å². The maximum absolute atomic E-state index is 5.27. The molecule has 184 valence electrons. The molecule has 2 heterocycles. The number of nitrogens with zero attached hydrogens (tertiary/aromatic N) is 1. The highest BCUT2D eigenvalue weighted by Crippen LogP contribution is 2.38. The number of anilines is 2. The summed E-state index contributed by atoms with van der Waals surface area (Å²) in [6.45, 7) is 10.1. The van der Waals surface area contributed by atoms with Crippen LogP contribution in [0.4, 0.5) is 11.4 Å². The van der Waals surface area contributed by atoms with E-state index in [2.05, 4.69) is 123 Å². The van der Waals surface area contributed by atoms with Crippen LogP contribution in [-0.2, 0) is 6.42 Å². The van der Waals surface area contributed by atoms with Gasteiger partial charge in [-0.05, 0) is 59.1 Å². The van der Waals surface area contributed by atoms with Gasteiger partial charge in [-0.1, -0.05) is 100 Å². The molecule has 1 aliphatic rings. The smallest absolute Gasteiger partial charge is 0.0940 e. The van der Waals surface area contributed by atoms with Crippen LogP contribution < -0.4 is 10.6 Å². The molecule has 0 unspecified atom stereocenters. The zero-order chi connectivity index (χ0) is 25.1. The minimum atomic E-state index is -0.0592. The van der Waals surface area contributed by atoms with Crippen molar-refractivity contribution in [3.05, 3.63) is 113 Å². The SMILES string of the molecule is CC(C)c1cccc(C(C)C)c1N[C@@H](c1ccccc1)c1cccc(-c2cccc3c2NCCC3)n1. The lowest BCUT2D eigenvalue weighted by Gasteiger charge is -2.27. The fraction of sp³-hybridized carbons (Fsp3) is 0.303. The fourth-order valence-corrected chi connectivity index (χ4v) is 5.32. The third-order valence-corrected chi connectivity index (χ3v) is 7.21. The Bertz CT molecular complexity index is 1300. The van der Waals surface area contributed by atoms with Gasteiger partial charge in [0.05, 0.1) is 17.4 Å². The van der Waals surface area contributed by atoms with E-state index >= 15 is 0 Å². The highest BCUT2D eigenvalue weighted by Gasteiger charge is 2.22. The molecule has 0 saturated heterocycles. The molecular formula is C33H37N3. The summed E-state index contributed by atoms with van der Waals surface area (Å²) in [5.41, 5.74) is 11.0. The largest absolute Gasteiger partial charge is 0.384 e. The summed E-state index contributed by atoms with van der Waals surface area (Å²) >= 11 is 0. The van der Waals surface area contributed by atoms with Crippen molar-refractivity contribution in [2.45, 2.75) is 58.4 Å². The Hall–Kier alpha value is -3.59. The molecule has 0 aliphatic carbocycles. The number of benzene rings is 3. The van der Waals surface area contributed by atoms with Gasteiger partial charge in [0.1, 0.15) is 0 Å². The Labute approximate surface area is 216 Å². The first-order valence-corrected chi connectivity index (χ1v) is 13.3. The van der Waals surface area contributed by atoms with E-state index in [9.17, 15) is 0 Å². The average molecular weight is 476 g/mol. The number of pyridine rings is 1. The zero-order valence-corrected chi connectivity index (χ0v) is 21.9. The third kappa shape index (κ3) is 4.88. The van der Waals surface area contributed by atoms with Crippen LogP contribution in [-0.4, -0.2) is 11.5 Å². The molecule has 4 aromatic rings. The number of fused-ring (bicyclic) bond motifs is 1. The quantitative estimate of drug-likeness (QED) is 0.281. The lowest BCUT2D eigenvalue weighted by atomic mass is 9.91. The molecule has 0 saturated carbocycles. The maximum Gasteiger partial charge on any atom is 0.0940 e. The van der Waals surface area contributed by atoms with E-state index in [0.29, 0.717) is 11.8 Å². The summed E-state index contributed by atoms with van der Waals surface area (Å²) < 4.78 is 0. The van der Waals surface area contributed by atoms with Gasteiger partial charge in [-0.2, -0.15) is 0 Å². The van der Waals surface area contributed by atoms with Crippen molar-refractivity contribution in [1.82, 2.24) is 4.98 Å². The Morgan fingerprint density at radius 2 is 1.44 bits per heavy atom. The minimum Gasteiger partial charge on any atom is -0.384 e. The van der Waals surface area contributed by atoms with Gasteiger partial charge in [0.15, 0.2) is 0 Å². The van der Waals surface area contributed by atoms with Gasteiger partial charge in [0, 0.05) is 23.5 Å². The van der Waals surface area contributed by atoms with Gasteiger partial charge in [0.2, 0.25) is 0 Å². The molecular weight excluding hydrogens is 438 g/mol. The highest BCUT2D eigenvalue weighted by atomic mass is 15.0. The van der Waals surface area contributed by atoms with Crippen LogP contribution >= 0.6 is 0 Å². The first-order chi connectivity index (χ1) is 17.5. The first kappa shape index (κ1) is 24.1. The Kier molecular flexibility index (Phi) is 7.09. The van der Waals surface area contributed by atoms with Crippen LogP contribution in [0.15, 0.2) is 84.9 Å². The number of nitrogens with one attached hydrogen (secondary N) is 2. The van der Waals surface area contributed by atoms with E-state index in [1.54, 1.807) is 0 Å².